The van der Waals surface area contributed by atoms with Crippen LogP contribution in [-0.4, -0.2) is 12.5 Å². The summed E-state index contributed by atoms with van der Waals surface area (Å²) in [5.41, 5.74) is -0.283. The van der Waals surface area contributed by atoms with Crippen LogP contribution in [0.1, 0.15) is 0 Å². The molecule has 1 rings (SSSR count). The molecule has 0 N–H and O–H groups in total. The van der Waals surface area contributed by atoms with Gasteiger partial charge in [0.25, 0.3) is 0 Å². The molecular weight excluding hydrogens is 215 g/mol. The molecule has 0 radical (unpaired) electrons. The van der Waals surface area contributed by atoms with Gasteiger partial charge in [0.15, 0.2) is 6.09 Å². The molecule has 1 aromatic rings. The van der Waals surface area contributed by atoms with Gasteiger partial charge in [0.05, 0.1) is 5.69 Å². The third-order valence-electron chi connectivity index (χ3n) is 1.35. The Morgan fingerprint density at radius 3 is 2.20 bits per heavy atom. The monoisotopic (exact) mass is 220 g/mol. The first-order chi connectivity index (χ1) is 6.90. The molecule has 0 saturated heterocycles. The van der Waals surface area contributed by atoms with Gasteiger partial charge in [0, 0.05) is 0 Å². The van der Waals surface area contributed by atoms with Crippen LogP contribution in [0.5, 0.6) is 0 Å². The summed E-state index contributed by atoms with van der Waals surface area (Å²) in [5.74, 6) is 0. The lowest BCUT2D eigenvalue weighted by Gasteiger charge is -2.24. The second-order valence-electron chi connectivity index (χ2n) is 2.43. The van der Waals surface area contributed by atoms with Crippen molar-refractivity contribution in [2.24, 2.45) is 0 Å². The average Bonchev–Trinajstić information content (AvgIpc) is 2.14. The molecule has 7 heteroatoms. The normalized spacial score (nSPS) is 11.1. The number of carboxylic acid groups (broad SMARTS) is 1. The molecule has 0 unspecified atom stereocenters. The van der Waals surface area contributed by atoms with Crippen LogP contribution in [0.2, 0.25) is 0 Å². The quantitative estimate of drug-likeness (QED) is 0.705. The highest BCUT2D eigenvalue weighted by molar-refractivity contribution is 5.81. The number of carbonyl (C=O) groups excluding carboxylic acids is 1. The molecule has 4 nitrogen and oxygen atoms in total. The minimum Gasteiger partial charge on any atom is -0.528 e. The van der Waals surface area contributed by atoms with Crippen LogP contribution in [0.4, 0.5) is 23.7 Å². The third-order valence-corrected chi connectivity index (χ3v) is 1.35. The van der Waals surface area contributed by atoms with E-state index in [0.717, 1.165) is 12.1 Å². The van der Waals surface area contributed by atoms with Gasteiger partial charge in [-0.1, -0.05) is 18.2 Å². The Hall–Kier alpha value is -1.76. The number of halogens is 3. The number of alkyl halides is 3. The van der Waals surface area contributed by atoms with Crippen molar-refractivity contribution in [3.05, 3.63) is 30.3 Å². The summed E-state index contributed by atoms with van der Waals surface area (Å²) in [6.07, 6.45) is -7.19. The Morgan fingerprint density at radius 2 is 1.80 bits per heavy atom. The predicted molar refractivity (Wildman–Crippen MR) is 41.5 cm³/mol. The highest BCUT2D eigenvalue weighted by atomic mass is 19.4. The highest BCUT2D eigenvalue weighted by Gasteiger charge is 2.34. The molecule has 0 spiro atoms. The number of anilines is 1. The van der Waals surface area contributed by atoms with Gasteiger partial charge in [-0.15, -0.1) is 13.2 Å². The van der Waals surface area contributed by atoms with Gasteiger partial charge in [0.1, 0.15) is 0 Å². The molecule has 15 heavy (non-hydrogen) atoms. The summed E-state index contributed by atoms with van der Waals surface area (Å²) < 4.78 is 35.4. The molecule has 0 fully saturated rings. The molecule has 82 valence electrons. The molecule has 0 saturated carbocycles. The van der Waals surface area contributed by atoms with Crippen molar-refractivity contribution in [3.8, 4) is 0 Å². The van der Waals surface area contributed by atoms with Gasteiger partial charge >= 0.3 is 6.36 Å². The minimum absolute atomic E-state index is 0.283. The van der Waals surface area contributed by atoms with Crippen molar-refractivity contribution in [2.45, 2.75) is 6.36 Å². The van der Waals surface area contributed by atoms with E-state index in [9.17, 15) is 23.1 Å². The summed E-state index contributed by atoms with van der Waals surface area (Å²) in [5, 5.41) is 10.0. The Bertz CT molecular complexity index is 339. The summed E-state index contributed by atoms with van der Waals surface area (Å²) >= 11 is 0. The van der Waals surface area contributed by atoms with Crippen LogP contribution in [-0.2, 0) is 4.84 Å². The predicted octanol–water partition coefficient (Wildman–Crippen LogP) is 1.29. The molecule has 1 aromatic carbocycles. The van der Waals surface area contributed by atoms with E-state index in [1.54, 1.807) is 0 Å². The van der Waals surface area contributed by atoms with Crippen molar-refractivity contribution in [2.75, 3.05) is 5.06 Å². The van der Waals surface area contributed by atoms with Gasteiger partial charge in [-0.2, -0.15) is 9.90 Å². The third kappa shape index (κ3) is 3.47. The fourth-order valence-electron chi connectivity index (χ4n) is 0.862. The van der Waals surface area contributed by atoms with Gasteiger partial charge < -0.3 is 9.90 Å². The van der Waals surface area contributed by atoms with Crippen LogP contribution in [0.15, 0.2) is 30.3 Å². The second kappa shape index (κ2) is 4.18. The molecular formula is C8H5F3NO3-. The van der Waals surface area contributed by atoms with E-state index in [1.165, 1.54) is 18.2 Å². The van der Waals surface area contributed by atoms with Gasteiger partial charge in [-0.05, 0) is 12.1 Å². The van der Waals surface area contributed by atoms with Crippen molar-refractivity contribution >= 4 is 11.8 Å². The van der Waals surface area contributed by atoms with E-state index >= 15 is 0 Å². The SMILES string of the molecule is O=C([O-])N(OC(F)(F)F)c1ccccc1. The van der Waals surface area contributed by atoms with Crippen molar-refractivity contribution in [1.82, 2.24) is 0 Å². The molecule has 0 atom stereocenters. The van der Waals surface area contributed by atoms with Crippen molar-refractivity contribution in [1.29, 1.82) is 0 Å². The fourth-order valence-corrected chi connectivity index (χ4v) is 0.862. The first kappa shape index (κ1) is 11.3. The number of para-hydroxylation sites is 1. The molecule has 0 aliphatic rings. The lowest BCUT2D eigenvalue weighted by Crippen LogP contribution is -2.44. The molecule has 1 amide bonds. The van der Waals surface area contributed by atoms with Crippen LogP contribution in [0.3, 0.4) is 0 Å². The van der Waals surface area contributed by atoms with Gasteiger partial charge in [0.2, 0.25) is 0 Å². The van der Waals surface area contributed by atoms with Crippen LogP contribution in [0, 0.1) is 0 Å². The Balaban J connectivity index is 2.90. The molecule has 0 aliphatic carbocycles. The fraction of sp³-hybridized carbons (Fsp3) is 0.125. The first-order valence-corrected chi connectivity index (χ1v) is 3.72. The second-order valence-corrected chi connectivity index (χ2v) is 2.43. The molecule has 0 aliphatic heterocycles. The lowest BCUT2D eigenvalue weighted by molar-refractivity contribution is -0.340. The summed E-state index contributed by atoms with van der Waals surface area (Å²) in [7, 11) is 0. The Morgan fingerprint density at radius 1 is 1.27 bits per heavy atom. The van der Waals surface area contributed by atoms with E-state index in [4.69, 9.17) is 0 Å². The van der Waals surface area contributed by atoms with Crippen LogP contribution >= 0.6 is 0 Å². The lowest BCUT2D eigenvalue weighted by atomic mass is 10.3. The maximum atomic E-state index is 11.8. The van der Waals surface area contributed by atoms with E-state index < -0.39 is 12.5 Å². The van der Waals surface area contributed by atoms with E-state index in [2.05, 4.69) is 4.84 Å². The Kier molecular flexibility index (Phi) is 3.15. The van der Waals surface area contributed by atoms with Crippen LogP contribution < -0.4 is 10.2 Å². The zero-order chi connectivity index (χ0) is 11.5. The van der Waals surface area contributed by atoms with Crippen molar-refractivity contribution in [3.63, 3.8) is 0 Å². The van der Waals surface area contributed by atoms with Gasteiger partial charge in [-0.3, -0.25) is 0 Å². The number of amides is 1. The van der Waals surface area contributed by atoms with Gasteiger partial charge in [-0.25, -0.2) is 0 Å². The molecule has 0 aromatic heterocycles. The van der Waals surface area contributed by atoms with Crippen molar-refractivity contribution < 1.29 is 27.9 Å². The number of hydrogen-bond acceptors (Lipinski definition) is 3. The zero-order valence-corrected chi connectivity index (χ0v) is 7.19. The number of rotatable bonds is 2. The summed E-state index contributed by atoms with van der Waals surface area (Å²) in [4.78, 5) is 13.6. The molecule has 0 bridgehead atoms. The smallest absolute Gasteiger partial charge is 0.528 e. The number of nitrogens with zero attached hydrogens (tertiary/aromatic N) is 1. The number of benzene rings is 1. The summed E-state index contributed by atoms with van der Waals surface area (Å²) in [6, 6.07) is 6.53. The average molecular weight is 220 g/mol. The Labute approximate surface area is 82.4 Å². The van der Waals surface area contributed by atoms with E-state index in [1.807, 2.05) is 0 Å². The minimum atomic E-state index is -5.09. The summed E-state index contributed by atoms with van der Waals surface area (Å²) in [6.45, 7) is 0. The number of carbonyl (C=O) groups is 1. The van der Waals surface area contributed by atoms with E-state index in [-0.39, 0.29) is 10.8 Å². The largest absolute Gasteiger partial charge is 0.544 e. The van der Waals surface area contributed by atoms with Crippen LogP contribution in [0.25, 0.3) is 0 Å². The first-order valence-electron chi connectivity index (χ1n) is 3.72. The topological polar surface area (TPSA) is 52.6 Å². The standard InChI is InChI=1S/C8H6F3NO3/c9-8(10,11)15-12(7(13)14)6-4-2-1-3-5-6/h1-5H,(H,13,14)/p-1. The highest BCUT2D eigenvalue weighted by Crippen LogP contribution is 2.22. The van der Waals surface area contributed by atoms with E-state index in [0.29, 0.717) is 0 Å². The zero-order valence-electron chi connectivity index (χ0n) is 7.19. The maximum Gasteiger partial charge on any atom is 0.544 e. The maximum absolute atomic E-state index is 11.8. The number of hydroxylamine groups is 1. The molecule has 0 heterocycles. The number of hydrogen-bond donors (Lipinski definition) is 0.